The second-order valence-corrected chi connectivity index (χ2v) is 4.63. The van der Waals surface area contributed by atoms with Crippen LogP contribution < -0.4 is 5.32 Å². The number of rotatable bonds is 3. The van der Waals surface area contributed by atoms with Crippen molar-refractivity contribution in [3.63, 3.8) is 0 Å². The molecule has 1 aliphatic rings. The summed E-state index contributed by atoms with van der Waals surface area (Å²) in [5.41, 5.74) is 0.593. The van der Waals surface area contributed by atoms with Gasteiger partial charge in [0.2, 0.25) is 5.91 Å². The highest BCUT2D eigenvalue weighted by molar-refractivity contribution is 5.79. The number of halogens is 2. The van der Waals surface area contributed by atoms with E-state index in [0.717, 1.165) is 25.1 Å². The lowest BCUT2D eigenvalue weighted by Gasteiger charge is -2.20. The second kappa shape index (κ2) is 5.44. The number of nitrogens with one attached hydrogen (secondary N) is 1. The van der Waals surface area contributed by atoms with E-state index in [9.17, 15) is 13.6 Å². The first-order chi connectivity index (χ1) is 8.58. The minimum Gasteiger partial charge on any atom is -0.341 e. The highest BCUT2D eigenvalue weighted by Crippen LogP contribution is 2.14. The number of hydrogen-bond acceptors (Lipinski definition) is 2. The fraction of sp³-hybridized carbons (Fsp3) is 0.462. The number of carbonyl (C=O) groups is 1. The van der Waals surface area contributed by atoms with Gasteiger partial charge in [0.15, 0.2) is 11.6 Å². The predicted octanol–water partition coefficient (Wildman–Crippen LogP) is 1.53. The van der Waals surface area contributed by atoms with Crippen LogP contribution in [0, 0.1) is 17.6 Å². The van der Waals surface area contributed by atoms with Gasteiger partial charge in [0.25, 0.3) is 0 Å². The Bertz CT molecular complexity index is 445. The Balaban J connectivity index is 1.99. The molecule has 1 N–H and O–H groups in total. The van der Waals surface area contributed by atoms with Crippen LogP contribution in [0.4, 0.5) is 8.78 Å². The van der Waals surface area contributed by atoms with Gasteiger partial charge in [0, 0.05) is 20.1 Å². The summed E-state index contributed by atoms with van der Waals surface area (Å²) in [6, 6.07) is 3.71. The van der Waals surface area contributed by atoms with Crippen molar-refractivity contribution in [3.8, 4) is 0 Å². The van der Waals surface area contributed by atoms with Crippen LogP contribution in [0.1, 0.15) is 12.0 Å². The molecule has 0 spiro atoms. The monoisotopic (exact) mass is 254 g/mol. The molecular formula is C13H16F2N2O. The first kappa shape index (κ1) is 13.0. The predicted molar refractivity (Wildman–Crippen MR) is 63.8 cm³/mol. The van der Waals surface area contributed by atoms with Gasteiger partial charge in [-0.15, -0.1) is 0 Å². The molecule has 1 saturated heterocycles. The Morgan fingerprint density at radius 1 is 1.44 bits per heavy atom. The van der Waals surface area contributed by atoms with Gasteiger partial charge in [-0.1, -0.05) is 6.07 Å². The third kappa shape index (κ3) is 2.85. The van der Waals surface area contributed by atoms with E-state index < -0.39 is 11.6 Å². The minimum atomic E-state index is -0.879. The van der Waals surface area contributed by atoms with Gasteiger partial charge in [-0.2, -0.15) is 0 Å². The van der Waals surface area contributed by atoms with E-state index in [1.54, 1.807) is 11.9 Å². The number of nitrogens with zero attached hydrogens (tertiary/aromatic N) is 1. The number of amides is 1. The molecule has 1 aromatic carbocycles. The molecule has 5 heteroatoms. The number of benzene rings is 1. The third-order valence-electron chi connectivity index (χ3n) is 3.19. The van der Waals surface area contributed by atoms with Gasteiger partial charge in [-0.3, -0.25) is 4.79 Å². The van der Waals surface area contributed by atoms with E-state index in [2.05, 4.69) is 5.32 Å². The number of carbonyl (C=O) groups excluding carboxylic acids is 1. The van der Waals surface area contributed by atoms with Crippen LogP contribution >= 0.6 is 0 Å². The van der Waals surface area contributed by atoms with Crippen molar-refractivity contribution < 1.29 is 13.6 Å². The Labute approximate surface area is 105 Å². The summed E-state index contributed by atoms with van der Waals surface area (Å²) in [5.74, 6) is -1.70. The zero-order valence-corrected chi connectivity index (χ0v) is 10.2. The van der Waals surface area contributed by atoms with E-state index in [-0.39, 0.29) is 11.8 Å². The van der Waals surface area contributed by atoms with Gasteiger partial charge in [0.1, 0.15) is 0 Å². The van der Waals surface area contributed by atoms with Crippen LogP contribution in [0.15, 0.2) is 18.2 Å². The Kier molecular flexibility index (Phi) is 3.91. The maximum absolute atomic E-state index is 13.0. The van der Waals surface area contributed by atoms with E-state index in [4.69, 9.17) is 0 Å². The van der Waals surface area contributed by atoms with Gasteiger partial charge in [-0.25, -0.2) is 8.78 Å². The highest BCUT2D eigenvalue weighted by Gasteiger charge is 2.25. The van der Waals surface area contributed by atoms with E-state index >= 15 is 0 Å². The quantitative estimate of drug-likeness (QED) is 0.887. The number of hydrogen-bond donors (Lipinski definition) is 1. The molecule has 2 rings (SSSR count). The average molecular weight is 254 g/mol. The topological polar surface area (TPSA) is 32.3 Å². The minimum absolute atomic E-state index is 0.000273. The fourth-order valence-corrected chi connectivity index (χ4v) is 2.17. The lowest BCUT2D eigenvalue weighted by Crippen LogP contribution is -2.33. The first-order valence-electron chi connectivity index (χ1n) is 5.97. The average Bonchev–Trinajstić information content (AvgIpc) is 2.86. The summed E-state index contributed by atoms with van der Waals surface area (Å²) in [4.78, 5) is 13.6. The van der Waals surface area contributed by atoms with Crippen molar-refractivity contribution in [1.29, 1.82) is 0 Å². The van der Waals surface area contributed by atoms with E-state index in [0.29, 0.717) is 18.7 Å². The van der Waals surface area contributed by atoms with Gasteiger partial charge >= 0.3 is 0 Å². The van der Waals surface area contributed by atoms with Crippen LogP contribution in [0.5, 0.6) is 0 Å². The molecule has 1 fully saturated rings. The molecule has 1 aromatic rings. The molecule has 1 heterocycles. The molecule has 1 amide bonds. The highest BCUT2D eigenvalue weighted by atomic mass is 19.2. The van der Waals surface area contributed by atoms with E-state index in [1.165, 1.54) is 6.07 Å². The lowest BCUT2D eigenvalue weighted by molar-refractivity contribution is -0.134. The molecule has 3 nitrogen and oxygen atoms in total. The van der Waals surface area contributed by atoms with Crippen LogP contribution in [0.3, 0.4) is 0 Å². The van der Waals surface area contributed by atoms with Crippen LogP contribution in [-0.2, 0) is 11.3 Å². The fourth-order valence-electron chi connectivity index (χ4n) is 2.17. The van der Waals surface area contributed by atoms with Crippen LogP contribution in [0.25, 0.3) is 0 Å². The molecule has 0 saturated carbocycles. The maximum Gasteiger partial charge on any atom is 0.227 e. The lowest BCUT2D eigenvalue weighted by atomic mass is 10.1. The van der Waals surface area contributed by atoms with Crippen LogP contribution in [0.2, 0.25) is 0 Å². The molecule has 0 aliphatic carbocycles. The van der Waals surface area contributed by atoms with Crippen molar-refractivity contribution in [1.82, 2.24) is 10.2 Å². The SMILES string of the molecule is CN(Cc1ccc(F)c(F)c1)C(=O)C1CCNC1. The largest absolute Gasteiger partial charge is 0.341 e. The van der Waals surface area contributed by atoms with E-state index in [1.807, 2.05) is 0 Å². The maximum atomic E-state index is 13.0. The Hall–Kier alpha value is -1.49. The third-order valence-corrected chi connectivity index (χ3v) is 3.19. The van der Waals surface area contributed by atoms with Crippen molar-refractivity contribution in [2.75, 3.05) is 20.1 Å². The van der Waals surface area contributed by atoms with Crippen molar-refractivity contribution in [3.05, 3.63) is 35.4 Å². The molecule has 0 aromatic heterocycles. The Morgan fingerprint density at radius 2 is 2.22 bits per heavy atom. The summed E-state index contributed by atoms with van der Waals surface area (Å²) >= 11 is 0. The molecule has 1 unspecified atom stereocenters. The summed E-state index contributed by atoms with van der Waals surface area (Å²) in [7, 11) is 1.68. The van der Waals surface area contributed by atoms with Crippen molar-refractivity contribution in [2.24, 2.45) is 5.92 Å². The summed E-state index contributed by atoms with van der Waals surface area (Å²) in [6.07, 6.45) is 0.834. The van der Waals surface area contributed by atoms with Crippen molar-refractivity contribution in [2.45, 2.75) is 13.0 Å². The second-order valence-electron chi connectivity index (χ2n) is 4.63. The molecule has 98 valence electrons. The molecule has 1 aliphatic heterocycles. The normalized spacial score (nSPS) is 18.9. The first-order valence-corrected chi connectivity index (χ1v) is 5.97. The molecule has 1 atom stereocenters. The standard InChI is InChI=1S/C13H16F2N2O/c1-17(13(18)10-4-5-16-7-10)8-9-2-3-11(14)12(15)6-9/h2-3,6,10,16H,4-5,7-8H2,1H3. The Morgan fingerprint density at radius 3 is 2.83 bits per heavy atom. The zero-order chi connectivity index (χ0) is 13.1. The molecule has 0 radical (unpaired) electrons. The molecule has 18 heavy (non-hydrogen) atoms. The smallest absolute Gasteiger partial charge is 0.227 e. The van der Waals surface area contributed by atoms with Crippen LogP contribution in [-0.4, -0.2) is 30.9 Å². The summed E-state index contributed by atoms with van der Waals surface area (Å²) < 4.78 is 25.8. The zero-order valence-electron chi connectivity index (χ0n) is 10.2. The van der Waals surface area contributed by atoms with Crippen molar-refractivity contribution >= 4 is 5.91 Å². The molecule has 0 bridgehead atoms. The van der Waals surface area contributed by atoms with Gasteiger partial charge in [-0.05, 0) is 30.7 Å². The summed E-state index contributed by atoms with van der Waals surface area (Å²) in [6.45, 7) is 1.85. The van der Waals surface area contributed by atoms with Gasteiger partial charge < -0.3 is 10.2 Å². The van der Waals surface area contributed by atoms with Gasteiger partial charge in [0.05, 0.1) is 5.92 Å². The summed E-state index contributed by atoms with van der Waals surface area (Å²) in [5, 5.41) is 3.13. The molecular weight excluding hydrogens is 238 g/mol.